The predicted molar refractivity (Wildman–Crippen MR) is 264 cm³/mol. The van der Waals surface area contributed by atoms with Crippen LogP contribution in [0.1, 0.15) is 52.9 Å². The van der Waals surface area contributed by atoms with Gasteiger partial charge in [-0.3, -0.25) is 38.6 Å². The number of phenols is 2. The fourth-order valence-electron chi connectivity index (χ4n) is 11.5. The number of rotatable bonds is 7. The summed E-state index contributed by atoms with van der Waals surface area (Å²) in [5, 5.41) is 98.3. The third-order valence-corrected chi connectivity index (χ3v) is 15.4. The number of carbonyl (C=O) groups is 7. The number of carbonyl (C=O) groups excluding carboxylic acids is 6. The number of primary amides is 2. The van der Waals surface area contributed by atoms with Gasteiger partial charge in [0, 0.05) is 62.5 Å². The summed E-state index contributed by atoms with van der Waals surface area (Å²) in [6.07, 6.45) is 0.327. The highest BCUT2D eigenvalue weighted by atomic mass is 127. The third-order valence-electron chi connectivity index (χ3n) is 14.5. The first-order valence-electron chi connectivity index (χ1n) is 21.7. The Bertz CT molecular complexity index is 2920. The fourth-order valence-corrected chi connectivity index (χ4v) is 12.1. The van der Waals surface area contributed by atoms with Crippen LogP contribution >= 0.6 is 22.6 Å². The molecule has 0 heterocycles. The van der Waals surface area contributed by atoms with Gasteiger partial charge in [0.15, 0.2) is 22.8 Å². The number of aromatic carboxylic acids is 1. The number of halogens is 1. The number of anilines is 2. The van der Waals surface area contributed by atoms with E-state index in [2.05, 4.69) is 0 Å². The maximum absolute atomic E-state index is 13.8. The number of hydrogen-bond acceptors (Lipinski definition) is 19. The number of fused-ring (bicyclic) bond motifs is 6. The van der Waals surface area contributed by atoms with E-state index in [-0.39, 0.29) is 61.1 Å². The van der Waals surface area contributed by atoms with E-state index in [0.29, 0.717) is 20.4 Å². The number of Topliss-reactive ketones (excluding diaryl/α,β-unsaturated/α-hetero) is 4. The number of benzene rings is 2. The highest BCUT2D eigenvalue weighted by Crippen LogP contribution is 2.56. The molecule has 0 aliphatic heterocycles. The quantitative estimate of drug-likeness (QED) is 0.136. The minimum Gasteiger partial charge on any atom is -0.508 e. The summed E-state index contributed by atoms with van der Waals surface area (Å²) in [6.45, 7) is 0. The fraction of sp³-hybridized carbons (Fsp3) is 0.438. The summed E-state index contributed by atoms with van der Waals surface area (Å²) in [5.74, 6) is -15.9. The van der Waals surface area contributed by atoms with Crippen LogP contribution in [0.2, 0.25) is 0 Å². The molecule has 0 spiro atoms. The molecule has 22 nitrogen and oxygen atoms in total. The Morgan fingerprint density at radius 3 is 1.30 bits per heavy atom. The molecular formula is C48H57IN6O16. The Hall–Kier alpha value is -6.54. The van der Waals surface area contributed by atoms with Crippen LogP contribution in [0.25, 0.3) is 11.5 Å². The van der Waals surface area contributed by atoms with Crippen LogP contribution in [0.5, 0.6) is 11.5 Å². The van der Waals surface area contributed by atoms with E-state index in [1.165, 1.54) is 30.0 Å². The molecule has 2 aromatic rings. The van der Waals surface area contributed by atoms with E-state index < -0.39 is 133 Å². The maximum Gasteiger partial charge on any atom is 0.339 e. The van der Waals surface area contributed by atoms with Gasteiger partial charge in [-0.25, -0.2) is 4.79 Å². The molecule has 8 atom stereocenters. The first-order valence-corrected chi connectivity index (χ1v) is 22.8. The summed E-state index contributed by atoms with van der Waals surface area (Å²) in [7, 11) is 13.1. The Labute approximate surface area is 420 Å². The van der Waals surface area contributed by atoms with E-state index in [9.17, 15) is 79.5 Å². The molecule has 2 aromatic carbocycles. The summed E-state index contributed by atoms with van der Waals surface area (Å²) >= 11 is 1.92. The maximum atomic E-state index is 13.8. The summed E-state index contributed by atoms with van der Waals surface area (Å²) < 4.78 is 0.459. The number of aromatic hydroxyl groups is 2. The van der Waals surface area contributed by atoms with E-state index >= 15 is 0 Å². The molecule has 8 rings (SSSR count). The monoisotopic (exact) mass is 1100 g/mol. The minimum absolute atomic E-state index is 0. The van der Waals surface area contributed by atoms with E-state index in [0.717, 1.165) is 5.69 Å². The number of amides is 2. The molecule has 2 saturated carbocycles. The Kier molecular flexibility index (Phi) is 13.8. The molecule has 2 fully saturated rings. The number of phenolic OH excluding ortho intramolecular Hbond substituents is 1. The van der Waals surface area contributed by atoms with Crippen molar-refractivity contribution >= 4 is 86.4 Å². The van der Waals surface area contributed by atoms with Crippen molar-refractivity contribution in [1.29, 1.82) is 0 Å². The molecule has 382 valence electrons. The van der Waals surface area contributed by atoms with Gasteiger partial charge in [-0.05, 0) is 112 Å². The van der Waals surface area contributed by atoms with Crippen LogP contribution in [0.4, 0.5) is 11.4 Å². The Balaban J connectivity index is 0.000000230. The average molecular weight is 1100 g/mol. The highest BCUT2D eigenvalue weighted by molar-refractivity contribution is 14.1. The van der Waals surface area contributed by atoms with E-state index in [1.54, 1.807) is 39.2 Å². The van der Waals surface area contributed by atoms with Gasteiger partial charge in [0.2, 0.25) is 11.6 Å². The first-order chi connectivity index (χ1) is 32.4. The Morgan fingerprint density at radius 2 is 0.972 bits per heavy atom. The van der Waals surface area contributed by atoms with Gasteiger partial charge in [-0.15, -0.1) is 0 Å². The van der Waals surface area contributed by atoms with Crippen molar-refractivity contribution in [3.05, 3.63) is 77.3 Å². The molecule has 2 unspecified atom stereocenters. The van der Waals surface area contributed by atoms with Crippen LogP contribution < -0.4 is 21.3 Å². The smallest absolute Gasteiger partial charge is 0.339 e. The number of ketones is 4. The number of hydrogen-bond donors (Lipinski definition) is 11. The summed E-state index contributed by atoms with van der Waals surface area (Å²) in [6, 6.07) is 0.749. The van der Waals surface area contributed by atoms with Crippen molar-refractivity contribution in [3.8, 4) is 11.5 Å². The van der Waals surface area contributed by atoms with Crippen LogP contribution in [-0.2, 0) is 41.6 Å². The van der Waals surface area contributed by atoms with Crippen LogP contribution in [0.3, 0.4) is 0 Å². The standard InChI is InChI=1S/C24H27N3O9.C23H26IN3O7.CH4/c1-26(2)12-7-10(23(34)35)17(28)14-9(12)5-8-6-11-16(27(3)4)19(30)15(22(25)33)21(32)24(11,36)20(31)13(8)18(14)29;1-26(2)12-7-11(24)17(28)14-9(12)5-8-6-10-16(27(3)4)19(30)15(22(25)33)21(32)23(10,34)20(31)13(8)18(14)29;/h7-8,11,16,28-29,32,36H,5-6H2,1-4H3,(H2,25,33)(H,34,35);7-8,10,16,28-29,32,34H,5-6H2,1-4H3,(H2,25,33);1H4/t8-,11-,16-,24-;8?,10?,16-,23-;/m00./s1. The number of aliphatic hydroxyl groups excluding tert-OH is 4. The molecule has 13 N–H and O–H groups in total. The average Bonchev–Trinajstić information content (AvgIpc) is 3.24. The van der Waals surface area contributed by atoms with Gasteiger partial charge >= 0.3 is 5.97 Å². The summed E-state index contributed by atoms with van der Waals surface area (Å²) in [5.41, 5.74) is 4.48. The molecule has 71 heavy (non-hydrogen) atoms. The van der Waals surface area contributed by atoms with Crippen LogP contribution in [-0.4, -0.2) is 176 Å². The van der Waals surface area contributed by atoms with Crippen molar-refractivity contribution in [2.45, 2.75) is 56.4 Å². The number of likely N-dealkylation sites (N-methyl/N-ethyl adjacent to an activating group) is 2. The number of nitrogens with two attached hydrogens (primary N) is 2. The largest absolute Gasteiger partial charge is 0.508 e. The van der Waals surface area contributed by atoms with Crippen molar-refractivity contribution < 1.29 is 79.5 Å². The highest BCUT2D eigenvalue weighted by Gasteiger charge is 2.66. The van der Waals surface area contributed by atoms with Crippen LogP contribution in [0.15, 0.2) is 45.9 Å². The molecule has 0 radical (unpaired) electrons. The Morgan fingerprint density at radius 1 is 0.620 bits per heavy atom. The minimum atomic E-state index is -2.76. The van der Waals surface area contributed by atoms with Crippen LogP contribution in [0, 0.1) is 27.2 Å². The zero-order valence-electron chi connectivity index (χ0n) is 39.2. The molecule has 6 aliphatic carbocycles. The van der Waals surface area contributed by atoms with Gasteiger partial charge in [0.25, 0.3) is 11.8 Å². The van der Waals surface area contributed by atoms with Gasteiger partial charge in [-0.1, -0.05) is 7.43 Å². The lowest BCUT2D eigenvalue weighted by atomic mass is 9.57. The van der Waals surface area contributed by atoms with E-state index in [4.69, 9.17) is 11.5 Å². The van der Waals surface area contributed by atoms with Crippen molar-refractivity contribution in [2.75, 3.05) is 66.2 Å². The molecule has 6 aliphatic rings. The molecule has 2 amide bonds. The summed E-state index contributed by atoms with van der Waals surface area (Å²) in [4.78, 5) is 95.8. The van der Waals surface area contributed by atoms with Gasteiger partial charge in [0.05, 0.1) is 26.8 Å². The number of carboxylic acid groups (broad SMARTS) is 1. The van der Waals surface area contributed by atoms with Gasteiger partial charge < -0.3 is 67.2 Å². The van der Waals surface area contributed by atoms with Crippen molar-refractivity contribution in [2.24, 2.45) is 35.1 Å². The predicted octanol–water partition coefficient (Wildman–Crippen LogP) is 0.999. The van der Waals surface area contributed by atoms with Gasteiger partial charge in [-0.2, -0.15) is 0 Å². The lowest BCUT2D eigenvalue weighted by Gasteiger charge is -2.50. The molecule has 0 bridgehead atoms. The third kappa shape index (κ3) is 7.61. The van der Waals surface area contributed by atoms with Crippen molar-refractivity contribution in [1.82, 2.24) is 9.80 Å². The SMILES string of the molecule is C.CN(C)c1cc(C(=O)O)c(O)c2c1C[C@H]1C[C@H]3[C@H](N(C)C)C(=O)C(C(N)=O)=C(O)[C@@]3(O)C(=O)C1=C2O.CN(C)c1cc(I)c(O)c2c1CC1CC3[C@H](N(C)C)C(=O)C(C(N)=O)=C(O)[C@@]3(O)C(=O)C1=C2O. The van der Waals surface area contributed by atoms with E-state index in [1.807, 2.05) is 41.6 Å². The number of carboxylic acids is 1. The second kappa shape index (κ2) is 18.3. The van der Waals surface area contributed by atoms with Gasteiger partial charge in [0.1, 0.15) is 51.2 Å². The second-order valence-electron chi connectivity index (χ2n) is 19.2. The number of aliphatic hydroxyl groups is 6. The van der Waals surface area contributed by atoms with Crippen molar-refractivity contribution in [3.63, 3.8) is 0 Å². The molecular weight excluding hydrogens is 1040 g/mol. The zero-order valence-corrected chi connectivity index (χ0v) is 41.3. The molecule has 0 saturated heterocycles. The number of nitrogens with zero attached hydrogens (tertiary/aromatic N) is 4. The second-order valence-corrected chi connectivity index (χ2v) is 20.4. The molecule has 0 aromatic heterocycles. The lowest BCUT2D eigenvalue weighted by Crippen LogP contribution is -2.65. The molecule has 23 heteroatoms. The topological polar surface area (TPSA) is 367 Å². The normalized spacial score (nSPS) is 27.7. The zero-order chi connectivity index (χ0) is 52.4. The first kappa shape index (κ1) is 53.8. The lowest BCUT2D eigenvalue weighted by molar-refractivity contribution is -0.155.